The summed E-state index contributed by atoms with van der Waals surface area (Å²) in [6.45, 7) is 13.4. The molecular formula is C24H38N2O3. The average Bonchev–Trinajstić information content (AvgIpc) is 3.04. The van der Waals surface area contributed by atoms with E-state index in [1.54, 1.807) is 0 Å². The molecule has 2 rings (SSSR count). The van der Waals surface area contributed by atoms with Gasteiger partial charge in [0.05, 0.1) is 16.9 Å². The maximum Gasteiger partial charge on any atom is 0.336 e. The third-order valence-electron chi connectivity index (χ3n) is 5.96. The predicted molar refractivity (Wildman–Crippen MR) is 120 cm³/mol. The number of carboxylic acid groups (broad SMARTS) is 1. The Morgan fingerprint density at radius 1 is 1.03 bits per heavy atom. The lowest BCUT2D eigenvalue weighted by Gasteiger charge is -2.27. The summed E-state index contributed by atoms with van der Waals surface area (Å²) in [5.41, 5.74) is 4.07. The third kappa shape index (κ3) is 5.31. The summed E-state index contributed by atoms with van der Waals surface area (Å²) in [6.07, 6.45) is 8.26. The van der Waals surface area contributed by atoms with Gasteiger partial charge in [0, 0.05) is 18.5 Å². The second-order valence-corrected chi connectivity index (χ2v) is 9.34. The molecule has 1 aliphatic rings. The molecule has 5 heteroatoms. The number of amides is 1. The van der Waals surface area contributed by atoms with Crippen LogP contribution < -0.4 is 10.2 Å². The molecular weight excluding hydrogens is 364 g/mol. The van der Waals surface area contributed by atoms with Crippen molar-refractivity contribution in [2.45, 2.75) is 86.5 Å². The largest absolute Gasteiger partial charge is 0.478 e. The van der Waals surface area contributed by atoms with E-state index in [9.17, 15) is 14.7 Å². The molecule has 29 heavy (non-hydrogen) atoms. The molecule has 0 aliphatic carbocycles. The summed E-state index contributed by atoms with van der Waals surface area (Å²) in [7, 11) is 0. The molecule has 0 radical (unpaired) electrons. The van der Waals surface area contributed by atoms with Crippen molar-refractivity contribution >= 4 is 23.3 Å². The van der Waals surface area contributed by atoms with Crippen LogP contribution in [-0.2, 0) is 11.2 Å². The second kappa shape index (κ2) is 9.64. The van der Waals surface area contributed by atoms with E-state index in [1.165, 1.54) is 32.1 Å². The highest BCUT2D eigenvalue weighted by Gasteiger charge is 2.32. The summed E-state index contributed by atoms with van der Waals surface area (Å²) < 4.78 is 0. The molecule has 0 bridgehead atoms. The summed E-state index contributed by atoms with van der Waals surface area (Å²) >= 11 is 0. The quantitative estimate of drug-likeness (QED) is 0.519. The number of nitrogens with one attached hydrogen (secondary N) is 1. The first-order chi connectivity index (χ1) is 13.6. The lowest BCUT2D eigenvalue weighted by molar-refractivity contribution is -0.123. The van der Waals surface area contributed by atoms with Gasteiger partial charge in [-0.05, 0) is 43.4 Å². The minimum Gasteiger partial charge on any atom is -0.478 e. The SMILES string of the molecule is CCCCCCCCN1CCc2c(C)c(C(=O)O)c(C)c(NC(=O)C(C)(C)C)c21. The number of rotatable bonds is 9. The molecule has 1 aliphatic heterocycles. The molecule has 0 unspecified atom stereocenters. The van der Waals surface area contributed by atoms with E-state index in [1.807, 2.05) is 34.6 Å². The number of carbonyl (C=O) groups is 2. The minimum atomic E-state index is -0.927. The van der Waals surface area contributed by atoms with Gasteiger partial charge in [-0.1, -0.05) is 59.8 Å². The highest BCUT2D eigenvalue weighted by Crippen LogP contribution is 2.43. The number of nitrogens with zero attached hydrogens (tertiary/aromatic N) is 1. The number of anilines is 2. The van der Waals surface area contributed by atoms with E-state index in [0.29, 0.717) is 16.8 Å². The molecule has 1 amide bonds. The second-order valence-electron chi connectivity index (χ2n) is 9.34. The lowest BCUT2D eigenvalue weighted by atomic mass is 9.91. The molecule has 0 aromatic heterocycles. The average molecular weight is 403 g/mol. The number of unbranched alkanes of at least 4 members (excludes halogenated alkanes) is 5. The Kier molecular flexibility index (Phi) is 7.73. The fourth-order valence-electron chi connectivity index (χ4n) is 4.16. The Morgan fingerprint density at radius 2 is 1.66 bits per heavy atom. The zero-order valence-electron chi connectivity index (χ0n) is 19.1. The van der Waals surface area contributed by atoms with E-state index < -0.39 is 11.4 Å². The van der Waals surface area contributed by atoms with E-state index >= 15 is 0 Å². The van der Waals surface area contributed by atoms with Crippen molar-refractivity contribution in [3.8, 4) is 0 Å². The Bertz CT molecular complexity index is 763. The van der Waals surface area contributed by atoms with Crippen LogP contribution in [0, 0.1) is 19.3 Å². The summed E-state index contributed by atoms with van der Waals surface area (Å²) in [5, 5.41) is 12.9. The highest BCUT2D eigenvalue weighted by atomic mass is 16.4. The molecule has 5 nitrogen and oxygen atoms in total. The molecule has 2 N–H and O–H groups in total. The van der Waals surface area contributed by atoms with Crippen LogP contribution in [0.25, 0.3) is 0 Å². The number of hydrogen-bond acceptors (Lipinski definition) is 3. The van der Waals surface area contributed by atoms with Gasteiger partial charge in [-0.3, -0.25) is 4.79 Å². The van der Waals surface area contributed by atoms with Crippen molar-refractivity contribution in [3.63, 3.8) is 0 Å². The molecule has 0 saturated carbocycles. The molecule has 0 spiro atoms. The van der Waals surface area contributed by atoms with Crippen molar-refractivity contribution in [2.75, 3.05) is 23.3 Å². The van der Waals surface area contributed by atoms with Crippen LogP contribution in [0.1, 0.15) is 93.3 Å². The Labute approximate surface area is 175 Å². The van der Waals surface area contributed by atoms with Gasteiger partial charge in [0.2, 0.25) is 5.91 Å². The third-order valence-corrected chi connectivity index (χ3v) is 5.96. The number of fused-ring (bicyclic) bond motifs is 1. The molecule has 0 fully saturated rings. The number of hydrogen-bond donors (Lipinski definition) is 2. The maximum atomic E-state index is 12.7. The van der Waals surface area contributed by atoms with Crippen LogP contribution in [0.5, 0.6) is 0 Å². The molecule has 0 atom stereocenters. The Balaban J connectivity index is 2.34. The van der Waals surface area contributed by atoms with Gasteiger partial charge in [-0.15, -0.1) is 0 Å². The summed E-state index contributed by atoms with van der Waals surface area (Å²) in [6, 6.07) is 0. The van der Waals surface area contributed by atoms with E-state index in [-0.39, 0.29) is 5.91 Å². The van der Waals surface area contributed by atoms with E-state index in [2.05, 4.69) is 17.1 Å². The van der Waals surface area contributed by atoms with Crippen LogP contribution in [0.4, 0.5) is 11.4 Å². The predicted octanol–water partition coefficient (Wildman–Crippen LogP) is 5.71. The van der Waals surface area contributed by atoms with Crippen LogP contribution >= 0.6 is 0 Å². The molecule has 162 valence electrons. The topological polar surface area (TPSA) is 69.6 Å². The zero-order valence-corrected chi connectivity index (χ0v) is 19.1. The van der Waals surface area contributed by atoms with Crippen LogP contribution in [0.2, 0.25) is 0 Å². The van der Waals surface area contributed by atoms with Gasteiger partial charge in [-0.25, -0.2) is 4.79 Å². The van der Waals surface area contributed by atoms with Crippen molar-refractivity contribution in [2.24, 2.45) is 5.41 Å². The van der Waals surface area contributed by atoms with E-state index in [4.69, 9.17) is 0 Å². The molecule has 0 saturated heterocycles. The van der Waals surface area contributed by atoms with Gasteiger partial charge in [0.25, 0.3) is 0 Å². The van der Waals surface area contributed by atoms with Crippen molar-refractivity contribution in [1.82, 2.24) is 0 Å². The Morgan fingerprint density at radius 3 is 2.24 bits per heavy atom. The smallest absolute Gasteiger partial charge is 0.336 e. The summed E-state index contributed by atoms with van der Waals surface area (Å²) in [5.74, 6) is -1.02. The van der Waals surface area contributed by atoms with Crippen LogP contribution in [0.15, 0.2) is 0 Å². The van der Waals surface area contributed by atoms with E-state index in [0.717, 1.165) is 42.7 Å². The minimum absolute atomic E-state index is 0.0885. The lowest BCUT2D eigenvalue weighted by Crippen LogP contribution is -2.30. The van der Waals surface area contributed by atoms with Gasteiger partial charge in [0.1, 0.15) is 0 Å². The highest BCUT2D eigenvalue weighted by molar-refractivity contribution is 6.03. The van der Waals surface area contributed by atoms with Gasteiger partial charge in [-0.2, -0.15) is 0 Å². The first kappa shape index (κ1) is 23.2. The first-order valence-electron chi connectivity index (χ1n) is 11.0. The maximum absolute atomic E-state index is 12.7. The summed E-state index contributed by atoms with van der Waals surface area (Å²) in [4.78, 5) is 27.0. The Hall–Kier alpha value is -2.04. The number of carbonyl (C=O) groups excluding carboxylic acids is 1. The number of carboxylic acids is 1. The number of aromatic carboxylic acids is 1. The number of benzene rings is 1. The first-order valence-corrected chi connectivity index (χ1v) is 11.0. The fourth-order valence-corrected chi connectivity index (χ4v) is 4.16. The molecule has 1 heterocycles. The van der Waals surface area contributed by atoms with Crippen molar-refractivity contribution in [1.29, 1.82) is 0 Å². The monoisotopic (exact) mass is 402 g/mol. The molecule has 1 aromatic carbocycles. The van der Waals surface area contributed by atoms with Gasteiger partial charge in [0.15, 0.2) is 0 Å². The van der Waals surface area contributed by atoms with Crippen LogP contribution in [-0.4, -0.2) is 30.1 Å². The zero-order chi connectivity index (χ0) is 21.8. The normalized spacial score (nSPS) is 13.5. The fraction of sp³-hybridized carbons (Fsp3) is 0.667. The standard InChI is InChI=1S/C24H38N2O3/c1-7-8-9-10-11-12-14-26-15-13-18-16(2)19(22(27)28)17(3)20(21(18)26)25-23(29)24(4,5)6/h7-15H2,1-6H3,(H,25,29)(H,27,28). The van der Waals surface area contributed by atoms with Gasteiger partial charge >= 0.3 is 5.97 Å². The van der Waals surface area contributed by atoms with Gasteiger partial charge < -0.3 is 15.3 Å². The van der Waals surface area contributed by atoms with Crippen LogP contribution in [0.3, 0.4) is 0 Å². The van der Waals surface area contributed by atoms with Crippen molar-refractivity contribution < 1.29 is 14.7 Å². The molecule has 1 aromatic rings. The van der Waals surface area contributed by atoms with Crippen molar-refractivity contribution in [3.05, 3.63) is 22.3 Å².